The second-order valence-corrected chi connectivity index (χ2v) is 13.0. The van der Waals surface area contributed by atoms with E-state index >= 15 is 0 Å². The molecule has 8 heteroatoms. The molecule has 2 aromatic rings. The largest absolute Gasteiger partial charge is 0.359 e. The van der Waals surface area contributed by atoms with Crippen LogP contribution in [-0.4, -0.2) is 52.7 Å². The number of fused-ring (bicyclic) bond motifs is 1. The lowest BCUT2D eigenvalue weighted by atomic mass is 9.73. The first kappa shape index (κ1) is 28.0. The zero-order valence-corrected chi connectivity index (χ0v) is 24.9. The number of nitrogens with one attached hydrogen (secondary N) is 2. The number of ether oxygens (including phenoxy) is 1. The van der Waals surface area contributed by atoms with E-state index < -0.39 is 29.6 Å². The molecule has 3 fully saturated rings. The molecule has 216 valence electrons. The Bertz CT molecular complexity index is 1370. The van der Waals surface area contributed by atoms with Crippen molar-refractivity contribution in [3.05, 3.63) is 72.3 Å². The number of amides is 3. The third kappa shape index (κ3) is 4.69. The highest BCUT2D eigenvalue weighted by Crippen LogP contribution is 2.56. The summed E-state index contributed by atoms with van der Waals surface area (Å²) in [7, 11) is 0. The van der Waals surface area contributed by atoms with Crippen molar-refractivity contribution in [3.8, 4) is 0 Å². The van der Waals surface area contributed by atoms with Crippen LogP contribution in [0.15, 0.2) is 71.6 Å². The number of hydrogen-bond donors (Lipinski definition) is 2. The van der Waals surface area contributed by atoms with Crippen molar-refractivity contribution < 1.29 is 19.1 Å². The van der Waals surface area contributed by atoms with Crippen LogP contribution >= 0.6 is 11.8 Å². The third-order valence-corrected chi connectivity index (χ3v) is 10.7. The fourth-order valence-electron chi connectivity index (χ4n) is 7.49. The van der Waals surface area contributed by atoms with E-state index in [0.717, 1.165) is 29.7 Å². The van der Waals surface area contributed by atoms with E-state index in [1.807, 2.05) is 79.9 Å². The van der Waals surface area contributed by atoms with Crippen molar-refractivity contribution in [2.75, 3.05) is 11.6 Å². The average Bonchev–Trinajstić information content (AvgIpc) is 3.63. The quantitative estimate of drug-likeness (QED) is 0.351. The Morgan fingerprint density at radius 2 is 1.85 bits per heavy atom. The van der Waals surface area contributed by atoms with E-state index in [4.69, 9.17) is 4.74 Å². The van der Waals surface area contributed by atoms with E-state index in [1.165, 1.54) is 0 Å². The Kier molecular flexibility index (Phi) is 7.49. The molecular formula is C33H39N3O4S. The number of thioether (sulfide) groups is 1. The molecule has 9 atom stereocenters. The number of carbonyl (C=O) groups excluding carboxylic acids is 3. The topological polar surface area (TPSA) is 87.7 Å². The molecule has 0 aromatic heterocycles. The molecule has 2 aromatic carbocycles. The van der Waals surface area contributed by atoms with Gasteiger partial charge in [-0.05, 0) is 55.2 Å². The number of hydrogen-bond acceptors (Lipinski definition) is 5. The molecule has 1 saturated carbocycles. The summed E-state index contributed by atoms with van der Waals surface area (Å²) in [5.74, 6) is -1.34. The van der Waals surface area contributed by atoms with Gasteiger partial charge in [0.05, 0.1) is 24.0 Å². The van der Waals surface area contributed by atoms with Crippen LogP contribution < -0.4 is 10.6 Å². The Labute approximate surface area is 246 Å². The first-order valence-electron chi connectivity index (χ1n) is 14.7. The Balaban J connectivity index is 1.35. The van der Waals surface area contributed by atoms with Gasteiger partial charge in [-0.25, -0.2) is 0 Å². The molecule has 2 N–H and O–H groups in total. The minimum absolute atomic E-state index is 0.0380. The van der Waals surface area contributed by atoms with E-state index in [1.54, 1.807) is 16.7 Å². The number of benzene rings is 2. The summed E-state index contributed by atoms with van der Waals surface area (Å²) < 4.78 is 6.56. The summed E-state index contributed by atoms with van der Waals surface area (Å²) in [6.07, 6.45) is 8.31. The van der Waals surface area contributed by atoms with Gasteiger partial charge >= 0.3 is 0 Å². The number of nitrogens with zero attached hydrogens (tertiary/aromatic N) is 1. The highest BCUT2D eigenvalue weighted by Gasteiger charge is 2.73. The smallest absolute Gasteiger partial charge is 0.246 e. The molecule has 0 radical (unpaired) electrons. The second kappa shape index (κ2) is 11.0. The van der Waals surface area contributed by atoms with Gasteiger partial charge in [0.1, 0.15) is 11.6 Å². The van der Waals surface area contributed by atoms with Crippen LogP contribution in [0, 0.1) is 23.7 Å². The average molecular weight is 574 g/mol. The molecule has 41 heavy (non-hydrogen) atoms. The fourth-order valence-corrected chi connectivity index (χ4v) is 7.95. The van der Waals surface area contributed by atoms with Crippen LogP contribution in [0.4, 0.5) is 5.69 Å². The molecule has 7 nitrogen and oxygen atoms in total. The van der Waals surface area contributed by atoms with E-state index in [-0.39, 0.29) is 29.8 Å². The van der Waals surface area contributed by atoms with Crippen molar-refractivity contribution in [3.63, 3.8) is 0 Å². The van der Waals surface area contributed by atoms with Crippen LogP contribution in [0.2, 0.25) is 0 Å². The number of likely N-dealkylation sites (tertiary alicyclic amines) is 1. The molecule has 3 aliphatic heterocycles. The maximum absolute atomic E-state index is 14.4. The van der Waals surface area contributed by atoms with Crippen molar-refractivity contribution in [2.45, 2.75) is 74.8 Å². The van der Waals surface area contributed by atoms with Crippen molar-refractivity contribution in [1.29, 1.82) is 0 Å². The highest BCUT2D eigenvalue weighted by molar-refractivity contribution is 7.98. The lowest BCUT2D eigenvalue weighted by molar-refractivity contribution is -0.144. The van der Waals surface area contributed by atoms with Gasteiger partial charge in [-0.2, -0.15) is 0 Å². The second-order valence-electron chi connectivity index (χ2n) is 12.1. The predicted molar refractivity (Wildman–Crippen MR) is 160 cm³/mol. The first-order chi connectivity index (χ1) is 19.7. The van der Waals surface area contributed by atoms with Crippen molar-refractivity contribution >= 4 is 35.2 Å². The van der Waals surface area contributed by atoms with Crippen LogP contribution in [0.3, 0.4) is 0 Å². The fraction of sp³-hybridized carbons (Fsp3) is 0.485. The molecule has 2 saturated heterocycles. The molecule has 7 unspecified atom stereocenters. The Morgan fingerprint density at radius 1 is 1.07 bits per heavy atom. The van der Waals surface area contributed by atoms with Gasteiger partial charge < -0.3 is 20.3 Å². The maximum Gasteiger partial charge on any atom is 0.246 e. The molecule has 1 spiro atoms. The molecule has 3 amide bonds. The van der Waals surface area contributed by atoms with E-state index in [2.05, 4.69) is 24.5 Å². The van der Waals surface area contributed by atoms with E-state index in [0.29, 0.717) is 17.5 Å². The summed E-state index contributed by atoms with van der Waals surface area (Å²) >= 11 is 1.60. The molecular weight excluding hydrogens is 534 g/mol. The minimum atomic E-state index is -1.19. The summed E-state index contributed by atoms with van der Waals surface area (Å²) in [5.41, 5.74) is 0.419. The van der Waals surface area contributed by atoms with Crippen LogP contribution in [0.25, 0.3) is 0 Å². The lowest BCUT2D eigenvalue weighted by Crippen LogP contribution is -2.58. The van der Waals surface area contributed by atoms with Gasteiger partial charge in [-0.1, -0.05) is 75.2 Å². The summed E-state index contributed by atoms with van der Waals surface area (Å²) in [5, 5.41) is 6.37. The van der Waals surface area contributed by atoms with Crippen molar-refractivity contribution in [2.24, 2.45) is 23.7 Å². The summed E-state index contributed by atoms with van der Waals surface area (Å²) in [4.78, 5) is 45.3. The number of rotatable bonds is 7. The van der Waals surface area contributed by atoms with Crippen LogP contribution in [-0.2, 0) is 19.1 Å². The molecule has 3 heterocycles. The molecule has 4 aliphatic rings. The minimum Gasteiger partial charge on any atom is -0.359 e. The van der Waals surface area contributed by atoms with Gasteiger partial charge in [0.15, 0.2) is 0 Å². The van der Waals surface area contributed by atoms with Crippen molar-refractivity contribution in [1.82, 2.24) is 10.2 Å². The van der Waals surface area contributed by atoms with Gasteiger partial charge in [-0.15, -0.1) is 11.8 Å². The molecule has 2 bridgehead atoms. The number of anilines is 1. The van der Waals surface area contributed by atoms with Gasteiger partial charge in [-0.3, -0.25) is 14.4 Å². The zero-order chi connectivity index (χ0) is 28.9. The maximum atomic E-state index is 14.4. The van der Waals surface area contributed by atoms with Gasteiger partial charge in [0, 0.05) is 16.6 Å². The van der Waals surface area contributed by atoms with Gasteiger partial charge in [0.2, 0.25) is 17.7 Å². The third-order valence-electron chi connectivity index (χ3n) is 9.93. The molecule has 6 rings (SSSR count). The van der Waals surface area contributed by atoms with Crippen LogP contribution in [0.5, 0.6) is 0 Å². The summed E-state index contributed by atoms with van der Waals surface area (Å²) in [6.45, 7) is 6.39. The lowest BCUT2D eigenvalue weighted by Gasteiger charge is -2.39. The predicted octanol–water partition coefficient (Wildman–Crippen LogP) is 5.20. The monoisotopic (exact) mass is 573 g/mol. The molecule has 1 aliphatic carbocycles. The normalized spacial score (nSPS) is 34.4. The summed E-state index contributed by atoms with van der Waals surface area (Å²) in [6, 6.07) is 16.2. The Hall–Kier alpha value is -3.10. The SMILES string of the molecule is CSc1cccc(NC(=O)C2[C@@H]3C=CC4(O3)C(C(=O)NC3CCCC(C)C3C)N(C(C)c3ccccc3)C(=O)[C@H]24)c1. The number of carbonyl (C=O) groups is 3. The zero-order valence-electron chi connectivity index (χ0n) is 24.1. The highest BCUT2D eigenvalue weighted by atomic mass is 32.2. The standard InChI is InChI=1S/C33H39N3O4S/c1-19-10-8-15-25(20(19)2)35-31(38)29-33-17-16-26(40-33)27(30(37)34-23-13-9-14-24(18-23)41-4)28(33)32(39)36(29)21(3)22-11-6-5-7-12-22/h5-7,9,11-14,16-21,25-29H,8,10,15H2,1-4H3,(H,34,37)(H,35,38)/t19?,20?,21?,25?,26-,27?,28-,29?,33?/m0/s1. The van der Waals surface area contributed by atoms with E-state index in [9.17, 15) is 14.4 Å². The first-order valence-corrected chi connectivity index (χ1v) is 16.0. The Morgan fingerprint density at radius 3 is 2.61 bits per heavy atom. The van der Waals surface area contributed by atoms with Gasteiger partial charge in [0.25, 0.3) is 0 Å². The van der Waals surface area contributed by atoms with Crippen LogP contribution in [0.1, 0.15) is 51.6 Å².